The lowest BCUT2D eigenvalue weighted by Crippen LogP contribution is -2.38. The van der Waals surface area contributed by atoms with Crippen molar-refractivity contribution in [3.63, 3.8) is 0 Å². The fraction of sp³-hybridized carbons (Fsp3) is 0.318. The molecule has 3 heteroatoms. The van der Waals surface area contributed by atoms with Gasteiger partial charge in [-0.25, -0.2) is 4.98 Å². The average molecular weight is 331 g/mol. The number of rotatable bonds is 4. The van der Waals surface area contributed by atoms with Gasteiger partial charge >= 0.3 is 0 Å². The van der Waals surface area contributed by atoms with Crippen LogP contribution < -0.4 is 5.32 Å². The Morgan fingerprint density at radius 2 is 1.76 bits per heavy atom. The Kier molecular flexibility index (Phi) is 4.18. The average Bonchev–Trinajstić information content (AvgIpc) is 3.14. The van der Waals surface area contributed by atoms with E-state index in [4.69, 9.17) is 0 Å². The van der Waals surface area contributed by atoms with Crippen molar-refractivity contribution in [2.75, 3.05) is 0 Å². The van der Waals surface area contributed by atoms with Crippen molar-refractivity contribution in [3.8, 4) is 0 Å². The van der Waals surface area contributed by atoms with Crippen LogP contribution in [0.1, 0.15) is 49.0 Å². The first kappa shape index (κ1) is 16.1. The lowest BCUT2D eigenvalue weighted by molar-refractivity contribution is 0.181. The van der Waals surface area contributed by atoms with Gasteiger partial charge in [-0.3, -0.25) is 0 Å². The summed E-state index contributed by atoms with van der Waals surface area (Å²) in [5, 5.41) is 3.79. The number of nitrogens with one attached hydrogen (secondary N) is 1. The van der Waals surface area contributed by atoms with Crippen LogP contribution >= 0.6 is 0 Å². The Morgan fingerprint density at radius 3 is 2.48 bits per heavy atom. The van der Waals surface area contributed by atoms with Crippen LogP contribution in [-0.4, -0.2) is 9.55 Å². The molecule has 1 heterocycles. The molecule has 1 N–H and O–H groups in total. The van der Waals surface area contributed by atoms with Gasteiger partial charge in [0.15, 0.2) is 0 Å². The number of hydrogen-bond acceptors (Lipinski definition) is 2. The van der Waals surface area contributed by atoms with Gasteiger partial charge in [-0.2, -0.15) is 0 Å². The molecule has 128 valence electrons. The van der Waals surface area contributed by atoms with Crippen molar-refractivity contribution in [2.24, 2.45) is 5.41 Å². The molecule has 0 fully saturated rings. The van der Waals surface area contributed by atoms with E-state index in [0.29, 0.717) is 12.1 Å². The Morgan fingerprint density at radius 1 is 1.04 bits per heavy atom. The van der Waals surface area contributed by atoms with E-state index in [1.807, 2.05) is 12.5 Å². The molecule has 2 aromatic carbocycles. The second kappa shape index (κ2) is 6.49. The van der Waals surface area contributed by atoms with Gasteiger partial charge in [-0.1, -0.05) is 68.4 Å². The van der Waals surface area contributed by atoms with Crippen LogP contribution in [-0.2, 0) is 6.54 Å². The molecule has 1 aliphatic rings. The van der Waals surface area contributed by atoms with Crippen LogP contribution in [0.4, 0.5) is 0 Å². The van der Waals surface area contributed by atoms with E-state index in [0.717, 1.165) is 13.0 Å². The second-order valence-corrected chi connectivity index (χ2v) is 7.65. The predicted molar refractivity (Wildman–Crippen MR) is 101 cm³/mol. The zero-order chi connectivity index (χ0) is 17.3. The van der Waals surface area contributed by atoms with E-state index >= 15 is 0 Å². The topological polar surface area (TPSA) is 29.9 Å². The molecule has 25 heavy (non-hydrogen) atoms. The van der Waals surface area contributed by atoms with Crippen molar-refractivity contribution < 1.29 is 0 Å². The van der Waals surface area contributed by atoms with E-state index in [1.165, 1.54) is 16.7 Å². The molecule has 0 radical (unpaired) electrons. The van der Waals surface area contributed by atoms with Crippen molar-refractivity contribution in [1.29, 1.82) is 0 Å². The Balaban J connectivity index is 1.67. The summed E-state index contributed by atoms with van der Waals surface area (Å²) in [6, 6.07) is 20.2. The minimum absolute atomic E-state index is 0.142. The number of nitrogens with zero attached hydrogens (tertiary/aromatic N) is 2. The maximum atomic E-state index is 4.28. The van der Waals surface area contributed by atoms with E-state index in [1.54, 1.807) is 0 Å². The first-order valence-corrected chi connectivity index (χ1v) is 8.99. The Hall–Kier alpha value is -2.39. The highest BCUT2D eigenvalue weighted by molar-refractivity contribution is 5.38. The maximum absolute atomic E-state index is 4.28. The summed E-state index contributed by atoms with van der Waals surface area (Å²) < 4.78 is 2.26. The number of aromatic nitrogens is 2. The quantitative estimate of drug-likeness (QED) is 0.749. The van der Waals surface area contributed by atoms with Crippen LogP contribution in [0.2, 0.25) is 0 Å². The molecule has 4 rings (SSSR count). The van der Waals surface area contributed by atoms with Crippen LogP contribution in [0.5, 0.6) is 0 Å². The van der Waals surface area contributed by atoms with Gasteiger partial charge in [-0.05, 0) is 28.5 Å². The van der Waals surface area contributed by atoms with E-state index in [-0.39, 0.29) is 5.41 Å². The summed E-state index contributed by atoms with van der Waals surface area (Å²) in [5.74, 6) is 0. The number of fused-ring (bicyclic) bond motifs is 1. The maximum Gasteiger partial charge on any atom is 0.0951 e. The van der Waals surface area contributed by atoms with Gasteiger partial charge in [0.2, 0.25) is 0 Å². The second-order valence-electron chi connectivity index (χ2n) is 7.65. The lowest BCUT2D eigenvalue weighted by atomic mass is 9.68. The third kappa shape index (κ3) is 3.12. The molecular formula is C22H25N3. The fourth-order valence-electron chi connectivity index (χ4n) is 4.25. The summed E-state index contributed by atoms with van der Waals surface area (Å²) in [7, 11) is 0. The van der Waals surface area contributed by atoms with E-state index in [2.05, 4.69) is 89.5 Å². The summed E-state index contributed by atoms with van der Waals surface area (Å²) in [6.45, 7) is 5.63. The molecule has 0 aliphatic heterocycles. The van der Waals surface area contributed by atoms with E-state index in [9.17, 15) is 0 Å². The van der Waals surface area contributed by atoms with Crippen molar-refractivity contribution in [2.45, 2.75) is 38.9 Å². The summed E-state index contributed by atoms with van der Waals surface area (Å²) >= 11 is 0. The Labute approximate surface area is 149 Å². The minimum Gasteiger partial charge on any atom is -0.329 e. The standard InChI is InChI=1S/C22H25N3/c1-22(2)14-20(24-15-17-8-4-3-5-9-17)18-10-6-7-11-19(18)21(22)25-13-12-23-16-25/h3-13,16,20-21,24H,14-15H2,1-2H3/t20-,21+/m0/s1. The molecule has 0 spiro atoms. The summed E-state index contributed by atoms with van der Waals surface area (Å²) in [6.07, 6.45) is 7.00. The molecule has 0 amide bonds. The number of hydrogen-bond donors (Lipinski definition) is 1. The van der Waals surface area contributed by atoms with Crippen molar-refractivity contribution in [3.05, 3.63) is 90.0 Å². The molecule has 0 bridgehead atoms. The van der Waals surface area contributed by atoms with Crippen LogP contribution in [0, 0.1) is 5.41 Å². The predicted octanol–water partition coefficient (Wildman–Crippen LogP) is 4.73. The molecule has 3 nitrogen and oxygen atoms in total. The number of benzene rings is 2. The molecule has 1 aromatic heterocycles. The summed E-state index contributed by atoms with van der Waals surface area (Å²) in [5.41, 5.74) is 4.29. The molecular weight excluding hydrogens is 306 g/mol. The number of imidazole rings is 1. The fourth-order valence-corrected chi connectivity index (χ4v) is 4.25. The minimum atomic E-state index is 0.142. The highest BCUT2D eigenvalue weighted by atomic mass is 15.1. The highest BCUT2D eigenvalue weighted by Crippen LogP contribution is 2.49. The van der Waals surface area contributed by atoms with Gasteiger partial charge in [-0.15, -0.1) is 0 Å². The lowest BCUT2D eigenvalue weighted by Gasteiger charge is -2.44. The first-order chi connectivity index (χ1) is 12.1. The molecule has 0 saturated carbocycles. The van der Waals surface area contributed by atoms with Crippen LogP contribution in [0.25, 0.3) is 0 Å². The largest absolute Gasteiger partial charge is 0.329 e. The smallest absolute Gasteiger partial charge is 0.0951 e. The van der Waals surface area contributed by atoms with Crippen molar-refractivity contribution >= 4 is 0 Å². The first-order valence-electron chi connectivity index (χ1n) is 8.99. The molecule has 2 atom stereocenters. The summed E-state index contributed by atoms with van der Waals surface area (Å²) in [4.78, 5) is 4.28. The third-order valence-electron chi connectivity index (χ3n) is 5.35. The SMILES string of the molecule is CC1(C)C[C@H](NCc2ccccc2)c2ccccc2[C@H]1n1ccnc1. The normalized spacial score (nSPS) is 21.7. The zero-order valence-electron chi connectivity index (χ0n) is 14.9. The van der Waals surface area contributed by atoms with Gasteiger partial charge < -0.3 is 9.88 Å². The monoisotopic (exact) mass is 331 g/mol. The van der Waals surface area contributed by atoms with Crippen LogP contribution in [0.3, 0.4) is 0 Å². The highest BCUT2D eigenvalue weighted by Gasteiger charge is 2.40. The molecule has 1 aliphatic carbocycles. The van der Waals surface area contributed by atoms with Gasteiger partial charge in [0.1, 0.15) is 0 Å². The molecule has 3 aromatic rings. The van der Waals surface area contributed by atoms with E-state index < -0.39 is 0 Å². The van der Waals surface area contributed by atoms with Crippen LogP contribution in [0.15, 0.2) is 73.3 Å². The van der Waals surface area contributed by atoms with Crippen molar-refractivity contribution in [1.82, 2.24) is 14.9 Å². The molecule has 0 saturated heterocycles. The van der Waals surface area contributed by atoms with Gasteiger partial charge in [0.25, 0.3) is 0 Å². The Bertz CT molecular complexity index is 821. The zero-order valence-corrected chi connectivity index (χ0v) is 14.9. The third-order valence-corrected chi connectivity index (χ3v) is 5.35. The van der Waals surface area contributed by atoms with Gasteiger partial charge in [0.05, 0.1) is 12.4 Å². The van der Waals surface area contributed by atoms with Gasteiger partial charge in [0, 0.05) is 25.0 Å². The molecule has 0 unspecified atom stereocenters.